The molecular weight excluding hydrogens is 272 g/mol. The van der Waals surface area contributed by atoms with E-state index in [9.17, 15) is 14.4 Å². The molecule has 0 aliphatic rings. The lowest BCUT2D eigenvalue weighted by molar-refractivity contribution is -0.143. The Balaban J connectivity index is 2.62. The zero-order valence-corrected chi connectivity index (χ0v) is 12.4. The Hall–Kier alpha value is -2.37. The summed E-state index contributed by atoms with van der Waals surface area (Å²) in [5.74, 6) is -2.11. The van der Waals surface area contributed by atoms with Gasteiger partial charge in [0.2, 0.25) is 5.91 Å². The van der Waals surface area contributed by atoms with Crippen LogP contribution in [0.1, 0.15) is 24.2 Å². The lowest BCUT2D eigenvalue weighted by Gasteiger charge is -2.21. The third-order valence-electron chi connectivity index (χ3n) is 3.00. The van der Waals surface area contributed by atoms with E-state index < -0.39 is 17.9 Å². The maximum absolute atomic E-state index is 12.1. The molecule has 6 heteroatoms. The average Bonchev–Trinajstić information content (AvgIpc) is 2.44. The molecule has 2 amide bonds. The standard InChI is InChI=1S/C15H20N2O4/c1-10(2)13(15(20)21)16-12(18)9-17(3)14(19)11-7-5-4-6-8-11/h4-8,10,13H,9H2,1-3H3,(H,16,18)(H,20,21). The Morgan fingerprint density at radius 1 is 1.19 bits per heavy atom. The lowest BCUT2D eigenvalue weighted by Crippen LogP contribution is -2.48. The van der Waals surface area contributed by atoms with Gasteiger partial charge in [-0.1, -0.05) is 32.0 Å². The number of hydrogen-bond acceptors (Lipinski definition) is 3. The molecular formula is C15H20N2O4. The van der Waals surface area contributed by atoms with Crippen molar-refractivity contribution in [2.24, 2.45) is 5.92 Å². The van der Waals surface area contributed by atoms with Gasteiger partial charge in [0, 0.05) is 12.6 Å². The SMILES string of the molecule is CC(C)C(NC(=O)CN(C)C(=O)c1ccccc1)C(=O)O. The summed E-state index contributed by atoms with van der Waals surface area (Å²) >= 11 is 0. The van der Waals surface area contributed by atoms with Crippen molar-refractivity contribution >= 4 is 17.8 Å². The Bertz CT molecular complexity index is 514. The van der Waals surface area contributed by atoms with Gasteiger partial charge in [-0.3, -0.25) is 9.59 Å². The second-order valence-electron chi connectivity index (χ2n) is 5.15. The van der Waals surface area contributed by atoms with Crippen LogP contribution >= 0.6 is 0 Å². The molecule has 0 aliphatic heterocycles. The normalized spacial score (nSPS) is 11.8. The maximum Gasteiger partial charge on any atom is 0.326 e. The molecule has 0 fully saturated rings. The molecule has 0 heterocycles. The first-order valence-electron chi connectivity index (χ1n) is 6.65. The van der Waals surface area contributed by atoms with E-state index in [1.54, 1.807) is 44.2 Å². The molecule has 21 heavy (non-hydrogen) atoms. The second kappa shape index (κ2) is 7.42. The Kier molecular flexibility index (Phi) is 5.90. The Morgan fingerprint density at radius 3 is 2.24 bits per heavy atom. The van der Waals surface area contributed by atoms with Crippen molar-refractivity contribution < 1.29 is 19.5 Å². The molecule has 0 saturated carbocycles. The molecule has 0 radical (unpaired) electrons. The molecule has 0 saturated heterocycles. The van der Waals surface area contributed by atoms with Gasteiger partial charge in [0.15, 0.2) is 0 Å². The first kappa shape index (κ1) is 16.7. The predicted molar refractivity (Wildman–Crippen MR) is 77.8 cm³/mol. The number of benzene rings is 1. The topological polar surface area (TPSA) is 86.7 Å². The zero-order valence-electron chi connectivity index (χ0n) is 12.4. The van der Waals surface area contributed by atoms with E-state index >= 15 is 0 Å². The fourth-order valence-corrected chi connectivity index (χ4v) is 1.82. The Labute approximate surface area is 123 Å². The molecule has 0 aliphatic carbocycles. The van der Waals surface area contributed by atoms with Gasteiger partial charge in [0.05, 0.1) is 6.54 Å². The summed E-state index contributed by atoms with van der Waals surface area (Å²) < 4.78 is 0. The molecule has 0 aromatic heterocycles. The summed E-state index contributed by atoms with van der Waals surface area (Å²) in [5, 5.41) is 11.4. The Morgan fingerprint density at radius 2 is 1.76 bits per heavy atom. The van der Waals surface area contributed by atoms with Gasteiger partial charge >= 0.3 is 5.97 Å². The summed E-state index contributed by atoms with van der Waals surface area (Å²) in [7, 11) is 1.50. The molecule has 6 nitrogen and oxygen atoms in total. The van der Waals surface area contributed by atoms with E-state index in [1.165, 1.54) is 11.9 Å². The minimum atomic E-state index is -1.09. The minimum absolute atomic E-state index is 0.190. The molecule has 1 aromatic rings. The summed E-state index contributed by atoms with van der Waals surface area (Å²) in [4.78, 5) is 36.2. The second-order valence-corrected chi connectivity index (χ2v) is 5.15. The molecule has 0 spiro atoms. The van der Waals surface area contributed by atoms with Crippen LogP contribution < -0.4 is 5.32 Å². The summed E-state index contributed by atoms with van der Waals surface area (Å²) in [6, 6.07) is 7.62. The number of nitrogens with one attached hydrogen (secondary N) is 1. The number of likely N-dealkylation sites (N-methyl/N-ethyl adjacent to an activating group) is 1. The lowest BCUT2D eigenvalue weighted by atomic mass is 10.0. The number of amides is 2. The van der Waals surface area contributed by atoms with Crippen LogP contribution in [0.15, 0.2) is 30.3 Å². The van der Waals surface area contributed by atoms with Crippen LogP contribution in [0.25, 0.3) is 0 Å². The molecule has 1 atom stereocenters. The number of rotatable bonds is 6. The smallest absolute Gasteiger partial charge is 0.326 e. The van der Waals surface area contributed by atoms with Gasteiger partial charge in [-0.15, -0.1) is 0 Å². The van der Waals surface area contributed by atoms with E-state index in [-0.39, 0.29) is 18.4 Å². The predicted octanol–water partition coefficient (Wildman–Crippen LogP) is 0.984. The summed E-state index contributed by atoms with van der Waals surface area (Å²) in [5.41, 5.74) is 0.478. The molecule has 1 aromatic carbocycles. The van der Waals surface area contributed by atoms with E-state index in [0.717, 1.165) is 0 Å². The first-order chi connectivity index (χ1) is 9.82. The zero-order chi connectivity index (χ0) is 16.0. The molecule has 114 valence electrons. The quantitative estimate of drug-likeness (QED) is 0.818. The third kappa shape index (κ3) is 4.91. The van der Waals surface area contributed by atoms with Crippen molar-refractivity contribution in [2.45, 2.75) is 19.9 Å². The molecule has 0 bridgehead atoms. The highest BCUT2D eigenvalue weighted by atomic mass is 16.4. The number of carbonyl (C=O) groups excluding carboxylic acids is 2. The van der Waals surface area contributed by atoms with Gasteiger partial charge in [-0.2, -0.15) is 0 Å². The number of carboxylic acids is 1. The van der Waals surface area contributed by atoms with Crippen molar-refractivity contribution in [3.63, 3.8) is 0 Å². The van der Waals surface area contributed by atoms with Crippen LogP contribution in [0.3, 0.4) is 0 Å². The number of nitrogens with zero attached hydrogens (tertiary/aromatic N) is 1. The number of carbonyl (C=O) groups is 3. The number of hydrogen-bond donors (Lipinski definition) is 2. The van der Waals surface area contributed by atoms with Crippen molar-refractivity contribution in [3.8, 4) is 0 Å². The van der Waals surface area contributed by atoms with Gasteiger partial charge in [-0.05, 0) is 18.1 Å². The number of aliphatic carboxylic acids is 1. The molecule has 1 rings (SSSR count). The third-order valence-corrected chi connectivity index (χ3v) is 3.00. The van der Waals surface area contributed by atoms with Gasteiger partial charge in [0.25, 0.3) is 5.91 Å². The summed E-state index contributed by atoms with van der Waals surface area (Å²) in [6.07, 6.45) is 0. The average molecular weight is 292 g/mol. The first-order valence-corrected chi connectivity index (χ1v) is 6.65. The van der Waals surface area contributed by atoms with Crippen LogP contribution in [0.2, 0.25) is 0 Å². The van der Waals surface area contributed by atoms with Crippen molar-refractivity contribution in [1.82, 2.24) is 10.2 Å². The van der Waals surface area contributed by atoms with Crippen LogP contribution in [0.5, 0.6) is 0 Å². The van der Waals surface area contributed by atoms with Gasteiger partial charge in [-0.25, -0.2) is 4.79 Å². The van der Waals surface area contributed by atoms with E-state index in [1.807, 2.05) is 0 Å². The fraction of sp³-hybridized carbons (Fsp3) is 0.400. The van der Waals surface area contributed by atoms with Crippen molar-refractivity contribution in [1.29, 1.82) is 0 Å². The van der Waals surface area contributed by atoms with Gasteiger partial charge in [0.1, 0.15) is 6.04 Å². The minimum Gasteiger partial charge on any atom is -0.480 e. The monoisotopic (exact) mass is 292 g/mol. The molecule has 1 unspecified atom stereocenters. The fourth-order valence-electron chi connectivity index (χ4n) is 1.82. The highest BCUT2D eigenvalue weighted by Crippen LogP contribution is 2.04. The van der Waals surface area contributed by atoms with E-state index in [4.69, 9.17) is 5.11 Å². The maximum atomic E-state index is 12.1. The van der Waals surface area contributed by atoms with Crippen LogP contribution in [-0.4, -0.2) is 47.4 Å². The molecule has 2 N–H and O–H groups in total. The van der Waals surface area contributed by atoms with Crippen LogP contribution in [0, 0.1) is 5.92 Å². The highest BCUT2D eigenvalue weighted by molar-refractivity contribution is 5.96. The highest BCUT2D eigenvalue weighted by Gasteiger charge is 2.24. The van der Waals surface area contributed by atoms with Crippen LogP contribution in [-0.2, 0) is 9.59 Å². The number of carboxylic acid groups (broad SMARTS) is 1. The van der Waals surface area contributed by atoms with Crippen molar-refractivity contribution in [3.05, 3.63) is 35.9 Å². The largest absolute Gasteiger partial charge is 0.480 e. The van der Waals surface area contributed by atoms with E-state index in [0.29, 0.717) is 5.56 Å². The van der Waals surface area contributed by atoms with Gasteiger partial charge < -0.3 is 15.3 Å². The van der Waals surface area contributed by atoms with E-state index in [2.05, 4.69) is 5.32 Å². The van der Waals surface area contributed by atoms with Crippen LogP contribution in [0.4, 0.5) is 0 Å². The summed E-state index contributed by atoms with van der Waals surface area (Å²) in [6.45, 7) is 3.22. The van der Waals surface area contributed by atoms with Crippen molar-refractivity contribution in [2.75, 3.05) is 13.6 Å².